The summed E-state index contributed by atoms with van der Waals surface area (Å²) in [6.45, 7) is 6.66. The number of ketones is 1. The average Bonchev–Trinajstić information content (AvgIpc) is 2.61. The van der Waals surface area contributed by atoms with Gasteiger partial charge >= 0.3 is 5.97 Å². The number of hydrogen-bond acceptors (Lipinski definition) is 5. The van der Waals surface area contributed by atoms with Gasteiger partial charge in [-0.2, -0.15) is 0 Å². The molecule has 6 nitrogen and oxygen atoms in total. The Balaban J connectivity index is 2.32. The molecular weight excluding hydrogens is 402 g/mol. The summed E-state index contributed by atoms with van der Waals surface area (Å²) in [4.78, 5) is 38.0. The lowest BCUT2D eigenvalue weighted by Gasteiger charge is -2.40. The molecule has 1 heterocycles. The molecule has 2 rings (SSSR count). The van der Waals surface area contributed by atoms with Gasteiger partial charge in [-0.05, 0) is 33.3 Å². The second kappa shape index (κ2) is 8.03. The standard InChI is InChI=1S/C19H22BrNO5/c1-5-25-18(24)15(20)16(22)19(3,4)21-11-26-12(2)14(17(21)23)13-9-7-6-8-10-13/h6-10,15H,5,11H2,1-4H3. The van der Waals surface area contributed by atoms with Crippen molar-refractivity contribution in [3.63, 3.8) is 0 Å². The van der Waals surface area contributed by atoms with E-state index >= 15 is 0 Å². The first-order chi connectivity index (χ1) is 12.2. The van der Waals surface area contributed by atoms with Gasteiger partial charge in [0, 0.05) is 0 Å². The first-order valence-corrected chi connectivity index (χ1v) is 9.19. The molecule has 26 heavy (non-hydrogen) atoms. The second-order valence-electron chi connectivity index (χ2n) is 6.34. The quantitative estimate of drug-likeness (QED) is 0.399. The van der Waals surface area contributed by atoms with Crippen LogP contribution in [0.1, 0.15) is 33.3 Å². The molecule has 0 aromatic heterocycles. The van der Waals surface area contributed by atoms with Gasteiger partial charge in [0.05, 0.1) is 12.2 Å². The maximum atomic E-state index is 13.1. The fraction of sp³-hybridized carbons (Fsp3) is 0.421. The Kier molecular flexibility index (Phi) is 6.23. The Labute approximate surface area is 161 Å². The van der Waals surface area contributed by atoms with Crippen LogP contribution in [0.15, 0.2) is 36.1 Å². The number of hydrogen-bond donors (Lipinski definition) is 0. The number of ether oxygens (including phenoxy) is 2. The van der Waals surface area contributed by atoms with E-state index in [1.54, 1.807) is 27.7 Å². The minimum atomic E-state index is -1.27. The molecule has 7 heteroatoms. The number of rotatable bonds is 6. The minimum Gasteiger partial charge on any atom is -0.477 e. The number of halogens is 1. The summed E-state index contributed by atoms with van der Waals surface area (Å²) in [5.41, 5.74) is -0.151. The van der Waals surface area contributed by atoms with Gasteiger partial charge in [0.15, 0.2) is 17.3 Å². The summed E-state index contributed by atoms with van der Waals surface area (Å²) < 4.78 is 10.5. The van der Waals surface area contributed by atoms with Crippen LogP contribution in [-0.4, -0.2) is 46.3 Å². The van der Waals surface area contributed by atoms with Crippen molar-refractivity contribution in [2.24, 2.45) is 0 Å². The molecule has 1 aliphatic heterocycles. The average molecular weight is 424 g/mol. The normalized spacial score (nSPS) is 16.2. The van der Waals surface area contributed by atoms with Gasteiger partial charge in [0.2, 0.25) is 0 Å². The fourth-order valence-corrected chi connectivity index (χ4v) is 3.38. The van der Waals surface area contributed by atoms with Gasteiger partial charge < -0.3 is 9.47 Å². The molecule has 0 aliphatic carbocycles. The van der Waals surface area contributed by atoms with E-state index in [-0.39, 0.29) is 19.2 Å². The number of esters is 1. The zero-order valence-electron chi connectivity index (χ0n) is 15.2. The molecule has 0 spiro atoms. The van der Waals surface area contributed by atoms with Crippen LogP contribution in [0.5, 0.6) is 0 Å². The van der Waals surface area contributed by atoms with Crippen LogP contribution in [0.4, 0.5) is 0 Å². The molecule has 1 atom stereocenters. The van der Waals surface area contributed by atoms with Crippen LogP contribution in [0, 0.1) is 0 Å². The van der Waals surface area contributed by atoms with Gasteiger partial charge in [0.1, 0.15) is 11.3 Å². The number of nitrogens with zero attached hydrogens (tertiary/aromatic N) is 1. The first kappa shape index (κ1) is 20.2. The third-order valence-corrected chi connectivity index (χ3v) is 5.07. The maximum absolute atomic E-state index is 13.1. The molecule has 0 fully saturated rings. The smallest absolute Gasteiger partial charge is 0.327 e. The largest absolute Gasteiger partial charge is 0.477 e. The monoisotopic (exact) mass is 423 g/mol. The van der Waals surface area contributed by atoms with Crippen LogP contribution in [-0.2, 0) is 23.9 Å². The Morgan fingerprint density at radius 1 is 1.31 bits per heavy atom. The van der Waals surface area contributed by atoms with Gasteiger partial charge in [-0.3, -0.25) is 19.3 Å². The Morgan fingerprint density at radius 2 is 1.92 bits per heavy atom. The predicted molar refractivity (Wildman–Crippen MR) is 100 cm³/mol. The molecule has 0 radical (unpaired) electrons. The highest BCUT2D eigenvalue weighted by molar-refractivity contribution is 9.10. The number of Topliss-reactive ketones (excluding diaryl/α,β-unsaturated/α-hetero) is 1. The predicted octanol–water partition coefficient (Wildman–Crippen LogP) is 2.91. The van der Waals surface area contributed by atoms with E-state index in [0.717, 1.165) is 0 Å². The summed E-state index contributed by atoms with van der Waals surface area (Å²) in [5.74, 6) is -0.964. The highest BCUT2D eigenvalue weighted by atomic mass is 79.9. The van der Waals surface area contributed by atoms with Gasteiger partial charge in [-0.25, -0.2) is 0 Å². The zero-order chi connectivity index (χ0) is 19.5. The maximum Gasteiger partial charge on any atom is 0.327 e. The van der Waals surface area contributed by atoms with Crippen LogP contribution in [0.2, 0.25) is 0 Å². The van der Waals surface area contributed by atoms with Crippen molar-refractivity contribution in [3.8, 4) is 0 Å². The van der Waals surface area contributed by atoms with Crippen molar-refractivity contribution in [1.82, 2.24) is 4.90 Å². The van der Waals surface area contributed by atoms with E-state index in [1.807, 2.05) is 30.3 Å². The summed E-state index contributed by atoms with van der Waals surface area (Å²) >= 11 is 3.09. The molecule has 1 aromatic rings. The topological polar surface area (TPSA) is 72.9 Å². The van der Waals surface area contributed by atoms with E-state index in [2.05, 4.69) is 15.9 Å². The summed E-state index contributed by atoms with van der Waals surface area (Å²) in [6.07, 6.45) is 0. The van der Waals surface area contributed by atoms with Crippen molar-refractivity contribution in [1.29, 1.82) is 0 Å². The van der Waals surface area contributed by atoms with Crippen LogP contribution in [0.3, 0.4) is 0 Å². The summed E-state index contributed by atoms with van der Waals surface area (Å²) in [5, 5.41) is 0. The Hall–Kier alpha value is -2.15. The molecule has 0 N–H and O–H groups in total. The van der Waals surface area contributed by atoms with Crippen molar-refractivity contribution in [2.45, 2.75) is 38.1 Å². The van der Waals surface area contributed by atoms with E-state index in [4.69, 9.17) is 9.47 Å². The number of allylic oxidation sites excluding steroid dienone is 1. The van der Waals surface area contributed by atoms with Crippen molar-refractivity contribution in [3.05, 3.63) is 41.7 Å². The number of benzene rings is 1. The van der Waals surface area contributed by atoms with Crippen LogP contribution >= 0.6 is 15.9 Å². The molecule has 1 aliphatic rings. The SMILES string of the molecule is CCOC(=O)C(Br)C(=O)C(C)(C)N1COC(C)=C(c2ccccc2)C1=O. The zero-order valence-corrected chi connectivity index (χ0v) is 16.8. The Morgan fingerprint density at radius 3 is 2.50 bits per heavy atom. The van der Waals surface area contributed by atoms with Gasteiger partial charge in [0.25, 0.3) is 5.91 Å². The highest BCUT2D eigenvalue weighted by Gasteiger charge is 2.46. The lowest BCUT2D eigenvalue weighted by atomic mass is 9.92. The van der Waals surface area contributed by atoms with Crippen LogP contribution < -0.4 is 0 Å². The van der Waals surface area contributed by atoms with Gasteiger partial charge in [-0.15, -0.1) is 0 Å². The van der Waals surface area contributed by atoms with Gasteiger partial charge in [-0.1, -0.05) is 46.3 Å². The Bertz CT molecular complexity index is 742. The number of carbonyl (C=O) groups excluding carboxylic acids is 3. The fourth-order valence-electron chi connectivity index (χ4n) is 2.69. The molecular formula is C19H22BrNO5. The molecule has 0 bridgehead atoms. The molecule has 140 valence electrons. The van der Waals surface area contributed by atoms with E-state index in [9.17, 15) is 14.4 Å². The molecule has 0 saturated carbocycles. The summed E-state index contributed by atoms with van der Waals surface area (Å²) in [6, 6.07) is 9.13. The lowest BCUT2D eigenvalue weighted by Crippen LogP contribution is -2.58. The first-order valence-electron chi connectivity index (χ1n) is 8.27. The van der Waals surface area contributed by atoms with Crippen molar-refractivity contribution < 1.29 is 23.9 Å². The van der Waals surface area contributed by atoms with E-state index in [1.165, 1.54) is 4.90 Å². The lowest BCUT2D eigenvalue weighted by molar-refractivity contribution is -0.153. The second-order valence-corrected chi connectivity index (χ2v) is 7.26. The number of carbonyl (C=O) groups is 3. The third-order valence-electron chi connectivity index (χ3n) is 4.29. The van der Waals surface area contributed by atoms with E-state index in [0.29, 0.717) is 16.9 Å². The molecule has 1 amide bonds. The van der Waals surface area contributed by atoms with Crippen molar-refractivity contribution in [2.75, 3.05) is 13.3 Å². The van der Waals surface area contributed by atoms with E-state index < -0.39 is 22.1 Å². The molecule has 1 aromatic carbocycles. The number of amides is 1. The minimum absolute atomic E-state index is 0.0672. The highest BCUT2D eigenvalue weighted by Crippen LogP contribution is 2.32. The molecule has 0 saturated heterocycles. The summed E-state index contributed by atoms with van der Waals surface area (Å²) in [7, 11) is 0. The third kappa shape index (κ3) is 3.82. The van der Waals surface area contributed by atoms with Crippen LogP contribution in [0.25, 0.3) is 5.57 Å². The van der Waals surface area contributed by atoms with Crippen molar-refractivity contribution >= 4 is 39.2 Å². The number of alkyl halides is 1. The molecule has 1 unspecified atom stereocenters.